The minimum atomic E-state index is 0.559. The molecule has 0 aliphatic rings. The second-order valence-electron chi connectivity index (χ2n) is 5.51. The number of nitrogens with two attached hydrogens (primary N) is 1. The molecule has 4 aromatic rings. The first-order valence-corrected chi connectivity index (χ1v) is 9.53. The van der Waals surface area contributed by atoms with Crippen LogP contribution in [0.2, 0.25) is 0 Å². The maximum Gasteiger partial charge on any atom is 0.210 e. The Labute approximate surface area is 162 Å². The average molecular weight is 431 g/mol. The Hall–Kier alpha value is -2.52. The number of para-hydroxylation sites is 1. The number of hydrogen-bond donors (Lipinski definition) is 1. The molecule has 26 heavy (non-hydrogen) atoms. The normalized spacial score (nSPS) is 11.2. The van der Waals surface area contributed by atoms with Crippen molar-refractivity contribution in [3.8, 4) is 17.1 Å². The highest BCUT2D eigenvalue weighted by atomic mass is 79.9. The van der Waals surface area contributed by atoms with Gasteiger partial charge in [-0.1, -0.05) is 23.9 Å². The predicted octanol–water partition coefficient (Wildman–Crippen LogP) is 3.37. The molecule has 0 aliphatic heterocycles. The van der Waals surface area contributed by atoms with E-state index in [0.717, 1.165) is 21.4 Å². The highest BCUT2D eigenvalue weighted by Crippen LogP contribution is 2.30. The average Bonchev–Trinajstić information content (AvgIpc) is 3.22. The van der Waals surface area contributed by atoms with Gasteiger partial charge in [-0.25, -0.2) is 9.66 Å². The van der Waals surface area contributed by atoms with Crippen LogP contribution in [0.15, 0.2) is 58.4 Å². The molecule has 9 heteroatoms. The zero-order chi connectivity index (χ0) is 18.1. The number of ether oxygens (including phenoxy) is 1. The Morgan fingerprint density at radius 2 is 2.00 bits per heavy atom. The van der Waals surface area contributed by atoms with Crippen LogP contribution in [0.4, 0.5) is 0 Å². The molecule has 132 valence electrons. The molecule has 1 aromatic carbocycles. The van der Waals surface area contributed by atoms with Gasteiger partial charge in [0.05, 0.1) is 18.4 Å². The molecule has 2 N–H and O–H groups in total. The van der Waals surface area contributed by atoms with Crippen molar-refractivity contribution in [1.82, 2.24) is 24.3 Å². The van der Waals surface area contributed by atoms with E-state index >= 15 is 0 Å². The lowest BCUT2D eigenvalue weighted by Gasteiger charge is -2.07. The van der Waals surface area contributed by atoms with E-state index in [0.29, 0.717) is 22.5 Å². The molecule has 0 bridgehead atoms. The van der Waals surface area contributed by atoms with Crippen LogP contribution in [0.3, 0.4) is 0 Å². The van der Waals surface area contributed by atoms with Crippen LogP contribution in [0.5, 0.6) is 5.75 Å². The number of thioether (sulfide) groups is 1. The minimum absolute atomic E-state index is 0.559. The zero-order valence-corrected chi connectivity index (χ0v) is 16.2. The first-order valence-electron chi connectivity index (χ1n) is 7.75. The van der Waals surface area contributed by atoms with Crippen LogP contribution in [0, 0.1) is 0 Å². The highest BCUT2D eigenvalue weighted by Gasteiger charge is 2.16. The summed E-state index contributed by atoms with van der Waals surface area (Å²) in [6.45, 7) is 0. The van der Waals surface area contributed by atoms with Crippen molar-refractivity contribution in [1.29, 1.82) is 0 Å². The summed E-state index contributed by atoms with van der Waals surface area (Å²) in [5.41, 5.74) is 2.64. The van der Waals surface area contributed by atoms with Crippen molar-refractivity contribution in [3.63, 3.8) is 0 Å². The number of hydrogen-bond acceptors (Lipinski definition) is 6. The molecule has 0 saturated carbocycles. The van der Waals surface area contributed by atoms with E-state index in [1.807, 2.05) is 53.2 Å². The van der Waals surface area contributed by atoms with E-state index in [-0.39, 0.29) is 0 Å². The van der Waals surface area contributed by atoms with Crippen molar-refractivity contribution in [3.05, 3.63) is 59.0 Å². The molecule has 0 saturated heterocycles. The molecule has 0 radical (unpaired) electrons. The summed E-state index contributed by atoms with van der Waals surface area (Å²) in [6, 6.07) is 11.5. The lowest BCUT2D eigenvalue weighted by Crippen LogP contribution is -2.12. The summed E-state index contributed by atoms with van der Waals surface area (Å²) < 4.78 is 9.84. The highest BCUT2D eigenvalue weighted by molar-refractivity contribution is 9.10. The Kier molecular flexibility index (Phi) is 4.56. The van der Waals surface area contributed by atoms with Gasteiger partial charge in [-0.15, -0.1) is 10.2 Å². The molecular formula is C17H15BrN6OS. The Balaban J connectivity index is 1.56. The van der Waals surface area contributed by atoms with Gasteiger partial charge in [-0.3, -0.25) is 0 Å². The first-order chi connectivity index (χ1) is 12.7. The Morgan fingerprint density at radius 3 is 2.85 bits per heavy atom. The Bertz CT molecular complexity index is 1080. The summed E-state index contributed by atoms with van der Waals surface area (Å²) in [5.74, 6) is 8.10. The van der Waals surface area contributed by atoms with Gasteiger partial charge < -0.3 is 15.0 Å². The third-order valence-corrected chi connectivity index (χ3v) is 5.27. The van der Waals surface area contributed by atoms with Crippen molar-refractivity contribution in [2.75, 3.05) is 13.0 Å². The van der Waals surface area contributed by atoms with Gasteiger partial charge in [0.2, 0.25) is 5.16 Å². The monoisotopic (exact) mass is 430 g/mol. The topological polar surface area (TPSA) is 83.3 Å². The number of rotatable bonds is 5. The summed E-state index contributed by atoms with van der Waals surface area (Å²) in [5, 5.41) is 9.04. The van der Waals surface area contributed by atoms with E-state index in [2.05, 4.69) is 31.1 Å². The number of halogens is 1. The van der Waals surface area contributed by atoms with E-state index in [1.165, 1.54) is 16.4 Å². The number of aromatic nitrogens is 5. The molecule has 3 heterocycles. The van der Waals surface area contributed by atoms with Crippen LogP contribution in [-0.4, -0.2) is 31.4 Å². The maximum atomic E-state index is 6.20. The lowest BCUT2D eigenvalue weighted by atomic mass is 10.2. The molecule has 0 fully saturated rings. The largest absolute Gasteiger partial charge is 0.496 e. The van der Waals surface area contributed by atoms with E-state index < -0.39 is 0 Å². The van der Waals surface area contributed by atoms with Crippen LogP contribution in [0.1, 0.15) is 5.69 Å². The standard InChI is InChI=1S/C17H15BrN6OS/c1-25-14-5-3-2-4-13(14)16-21-22-17(24(16)19)26-10-12-9-23-8-11(18)6-7-15(23)20-12/h2-9H,10,19H2,1H3. The number of imidazole rings is 1. The van der Waals surface area contributed by atoms with Gasteiger partial charge in [-0.2, -0.15) is 0 Å². The predicted molar refractivity (Wildman–Crippen MR) is 105 cm³/mol. The molecule has 0 spiro atoms. The number of benzene rings is 1. The number of pyridine rings is 1. The fraction of sp³-hybridized carbons (Fsp3) is 0.118. The quantitative estimate of drug-likeness (QED) is 0.386. The molecular weight excluding hydrogens is 416 g/mol. The minimum Gasteiger partial charge on any atom is -0.496 e. The Morgan fingerprint density at radius 1 is 1.15 bits per heavy atom. The summed E-state index contributed by atoms with van der Waals surface area (Å²) in [6.07, 6.45) is 3.97. The van der Waals surface area contributed by atoms with E-state index in [1.54, 1.807) is 7.11 Å². The second-order valence-corrected chi connectivity index (χ2v) is 7.37. The molecule has 0 atom stereocenters. The van der Waals surface area contributed by atoms with Crippen LogP contribution < -0.4 is 10.6 Å². The fourth-order valence-electron chi connectivity index (χ4n) is 2.61. The van der Waals surface area contributed by atoms with Crippen molar-refractivity contribution in [2.45, 2.75) is 10.9 Å². The van der Waals surface area contributed by atoms with Crippen LogP contribution in [-0.2, 0) is 5.75 Å². The van der Waals surface area contributed by atoms with Crippen molar-refractivity contribution >= 4 is 33.3 Å². The summed E-state index contributed by atoms with van der Waals surface area (Å²) in [7, 11) is 1.62. The van der Waals surface area contributed by atoms with Crippen molar-refractivity contribution in [2.24, 2.45) is 0 Å². The van der Waals surface area contributed by atoms with Gasteiger partial charge in [0.1, 0.15) is 11.4 Å². The summed E-state index contributed by atoms with van der Waals surface area (Å²) in [4.78, 5) is 4.59. The number of methoxy groups -OCH3 is 1. The maximum absolute atomic E-state index is 6.20. The molecule has 0 amide bonds. The zero-order valence-electron chi connectivity index (χ0n) is 13.8. The SMILES string of the molecule is COc1ccccc1-c1nnc(SCc2cn3cc(Br)ccc3n2)n1N. The molecule has 0 unspecified atom stereocenters. The van der Waals surface area contributed by atoms with Gasteiger partial charge >= 0.3 is 0 Å². The fourth-order valence-corrected chi connectivity index (χ4v) is 3.71. The third kappa shape index (κ3) is 3.15. The van der Waals surface area contributed by atoms with E-state index in [9.17, 15) is 0 Å². The van der Waals surface area contributed by atoms with Crippen LogP contribution in [0.25, 0.3) is 17.0 Å². The number of nitrogen functional groups attached to an aromatic ring is 1. The third-order valence-electron chi connectivity index (χ3n) is 3.83. The van der Waals surface area contributed by atoms with Gasteiger partial charge in [0, 0.05) is 22.6 Å². The number of nitrogens with zero attached hydrogens (tertiary/aromatic N) is 5. The smallest absolute Gasteiger partial charge is 0.210 e. The lowest BCUT2D eigenvalue weighted by molar-refractivity contribution is 0.416. The first kappa shape index (κ1) is 16.9. The van der Waals surface area contributed by atoms with Gasteiger partial charge in [-0.05, 0) is 40.2 Å². The molecule has 0 aliphatic carbocycles. The van der Waals surface area contributed by atoms with Gasteiger partial charge in [0.25, 0.3) is 0 Å². The number of fused-ring (bicyclic) bond motifs is 1. The molecule has 4 rings (SSSR count). The molecule has 3 aromatic heterocycles. The summed E-state index contributed by atoms with van der Waals surface area (Å²) >= 11 is 4.95. The van der Waals surface area contributed by atoms with Crippen molar-refractivity contribution < 1.29 is 4.74 Å². The van der Waals surface area contributed by atoms with Crippen LogP contribution >= 0.6 is 27.7 Å². The second kappa shape index (κ2) is 7.00. The van der Waals surface area contributed by atoms with E-state index in [4.69, 9.17) is 10.6 Å². The van der Waals surface area contributed by atoms with Gasteiger partial charge in [0.15, 0.2) is 5.82 Å². The molecule has 7 nitrogen and oxygen atoms in total.